The lowest BCUT2D eigenvalue weighted by atomic mass is 10.1. The summed E-state index contributed by atoms with van der Waals surface area (Å²) in [6.45, 7) is 8.50. The third-order valence-electron chi connectivity index (χ3n) is 2.47. The van der Waals surface area contributed by atoms with E-state index >= 15 is 0 Å². The monoisotopic (exact) mass is 245 g/mol. The molecule has 92 valence electrons. The Morgan fingerprint density at radius 1 is 1.44 bits per heavy atom. The summed E-state index contributed by atoms with van der Waals surface area (Å²) in [7, 11) is 0. The van der Waals surface area contributed by atoms with Crippen LogP contribution in [0.5, 0.6) is 0 Å². The zero-order chi connectivity index (χ0) is 12.0. The van der Waals surface area contributed by atoms with Gasteiger partial charge in [0.05, 0.1) is 13.2 Å². The third-order valence-corrected chi connectivity index (χ3v) is 2.68. The summed E-state index contributed by atoms with van der Waals surface area (Å²) in [5.74, 6) is 1.38. The predicted molar refractivity (Wildman–Crippen MR) is 65.7 cm³/mol. The van der Waals surface area contributed by atoms with Crippen LogP contribution in [0.25, 0.3) is 0 Å². The highest BCUT2D eigenvalue weighted by Gasteiger charge is 2.13. The van der Waals surface area contributed by atoms with Gasteiger partial charge in [0.15, 0.2) is 5.22 Å². The molecule has 4 heteroatoms. The maximum absolute atomic E-state index is 5.70. The van der Waals surface area contributed by atoms with Crippen LogP contribution in [0.3, 0.4) is 0 Å². The Morgan fingerprint density at radius 2 is 2.19 bits per heavy atom. The first-order valence-corrected chi connectivity index (χ1v) is 6.06. The number of hydrogen-bond acceptors (Lipinski definition) is 3. The Hall–Kier alpha value is -0.510. The molecule has 0 amide bonds. The molecule has 1 N–H and O–H groups in total. The van der Waals surface area contributed by atoms with Gasteiger partial charge in [0.25, 0.3) is 0 Å². The minimum atomic E-state index is 0.337. The first-order valence-electron chi connectivity index (χ1n) is 5.68. The highest BCUT2D eigenvalue weighted by atomic mass is 35.5. The fourth-order valence-electron chi connectivity index (χ4n) is 1.41. The second-order valence-electron chi connectivity index (χ2n) is 4.10. The summed E-state index contributed by atoms with van der Waals surface area (Å²) in [5, 5.41) is 3.84. The number of furan rings is 1. The van der Waals surface area contributed by atoms with Crippen LogP contribution in [-0.2, 0) is 11.3 Å². The minimum Gasteiger partial charge on any atom is -0.448 e. The molecule has 1 rings (SSSR count). The van der Waals surface area contributed by atoms with Crippen molar-refractivity contribution in [3.05, 3.63) is 23.1 Å². The summed E-state index contributed by atoms with van der Waals surface area (Å²) < 4.78 is 10.7. The zero-order valence-corrected chi connectivity index (χ0v) is 10.9. The average molecular weight is 246 g/mol. The molecule has 0 radical (unpaired) electrons. The molecule has 0 bridgehead atoms. The smallest absolute Gasteiger partial charge is 0.193 e. The van der Waals surface area contributed by atoms with Crippen molar-refractivity contribution in [2.45, 2.75) is 33.4 Å². The Labute approximate surface area is 102 Å². The summed E-state index contributed by atoms with van der Waals surface area (Å²) in [6, 6.07) is 3.97. The van der Waals surface area contributed by atoms with Crippen molar-refractivity contribution in [1.29, 1.82) is 0 Å². The summed E-state index contributed by atoms with van der Waals surface area (Å²) >= 11 is 5.70. The molecular weight excluding hydrogens is 226 g/mol. The molecule has 1 aromatic heterocycles. The highest BCUT2D eigenvalue weighted by molar-refractivity contribution is 6.28. The minimum absolute atomic E-state index is 0.337. The SMILES string of the molecule is CCOCC(NCc1ccc(Cl)o1)C(C)C. The molecule has 0 saturated carbocycles. The predicted octanol–water partition coefficient (Wildman–Crippen LogP) is 3.08. The van der Waals surface area contributed by atoms with E-state index in [1.54, 1.807) is 6.07 Å². The maximum atomic E-state index is 5.70. The molecule has 1 aromatic rings. The second-order valence-corrected chi connectivity index (χ2v) is 4.47. The molecule has 16 heavy (non-hydrogen) atoms. The molecule has 0 spiro atoms. The second kappa shape index (κ2) is 6.94. The zero-order valence-electron chi connectivity index (χ0n) is 10.1. The molecule has 0 fully saturated rings. The van der Waals surface area contributed by atoms with E-state index in [0.717, 1.165) is 19.0 Å². The van der Waals surface area contributed by atoms with Crippen LogP contribution < -0.4 is 5.32 Å². The van der Waals surface area contributed by atoms with Gasteiger partial charge in [-0.3, -0.25) is 0 Å². The van der Waals surface area contributed by atoms with E-state index < -0.39 is 0 Å². The van der Waals surface area contributed by atoms with Crippen LogP contribution in [0.2, 0.25) is 5.22 Å². The molecule has 3 nitrogen and oxygen atoms in total. The molecule has 0 aliphatic rings. The number of nitrogens with one attached hydrogen (secondary N) is 1. The van der Waals surface area contributed by atoms with Crippen LogP contribution in [0.4, 0.5) is 0 Å². The number of ether oxygens (including phenoxy) is 1. The lowest BCUT2D eigenvalue weighted by Crippen LogP contribution is -2.37. The van der Waals surface area contributed by atoms with Crippen LogP contribution in [0, 0.1) is 5.92 Å². The quantitative estimate of drug-likeness (QED) is 0.802. The van der Waals surface area contributed by atoms with Crippen molar-refractivity contribution >= 4 is 11.6 Å². The normalized spacial score (nSPS) is 13.3. The van der Waals surface area contributed by atoms with E-state index in [4.69, 9.17) is 20.8 Å². The van der Waals surface area contributed by atoms with Crippen LogP contribution >= 0.6 is 11.6 Å². The molecule has 1 atom stereocenters. The lowest BCUT2D eigenvalue weighted by Gasteiger charge is -2.21. The molecule has 0 aromatic carbocycles. The van der Waals surface area contributed by atoms with Crippen LogP contribution in [-0.4, -0.2) is 19.3 Å². The van der Waals surface area contributed by atoms with Gasteiger partial charge in [0, 0.05) is 12.6 Å². The van der Waals surface area contributed by atoms with Gasteiger partial charge in [-0.2, -0.15) is 0 Å². The van der Waals surface area contributed by atoms with Gasteiger partial charge >= 0.3 is 0 Å². The van der Waals surface area contributed by atoms with Crippen LogP contribution in [0.15, 0.2) is 16.5 Å². The molecular formula is C12H20ClNO2. The molecule has 0 aliphatic heterocycles. The standard InChI is InChI=1S/C12H20ClNO2/c1-4-15-8-11(9(2)3)14-7-10-5-6-12(13)16-10/h5-6,9,11,14H,4,7-8H2,1-3H3. The van der Waals surface area contributed by atoms with E-state index in [2.05, 4.69) is 19.2 Å². The van der Waals surface area contributed by atoms with E-state index in [-0.39, 0.29) is 0 Å². The molecule has 1 heterocycles. The topological polar surface area (TPSA) is 34.4 Å². The molecule has 0 saturated heterocycles. The summed E-state index contributed by atoms with van der Waals surface area (Å²) in [6.07, 6.45) is 0. The molecule has 0 aliphatic carbocycles. The van der Waals surface area contributed by atoms with Crippen molar-refractivity contribution in [3.8, 4) is 0 Å². The Kier molecular flexibility index (Phi) is 5.88. The van der Waals surface area contributed by atoms with Crippen molar-refractivity contribution in [2.24, 2.45) is 5.92 Å². The van der Waals surface area contributed by atoms with E-state index in [0.29, 0.717) is 23.7 Å². The van der Waals surface area contributed by atoms with Crippen molar-refractivity contribution in [2.75, 3.05) is 13.2 Å². The average Bonchev–Trinajstić information content (AvgIpc) is 2.64. The first kappa shape index (κ1) is 13.6. The fraction of sp³-hybridized carbons (Fsp3) is 0.667. The van der Waals surface area contributed by atoms with Gasteiger partial charge in [-0.15, -0.1) is 0 Å². The van der Waals surface area contributed by atoms with Crippen LogP contribution in [0.1, 0.15) is 26.5 Å². The van der Waals surface area contributed by atoms with Crippen molar-refractivity contribution in [1.82, 2.24) is 5.32 Å². The number of halogens is 1. The van der Waals surface area contributed by atoms with Gasteiger partial charge in [0.2, 0.25) is 0 Å². The third kappa shape index (κ3) is 4.56. The fourth-order valence-corrected chi connectivity index (χ4v) is 1.57. The number of rotatable bonds is 7. The highest BCUT2D eigenvalue weighted by Crippen LogP contribution is 2.13. The first-order chi connectivity index (χ1) is 7.63. The Bertz CT molecular complexity index is 299. The van der Waals surface area contributed by atoms with Gasteiger partial charge in [-0.1, -0.05) is 13.8 Å². The van der Waals surface area contributed by atoms with Gasteiger partial charge in [0.1, 0.15) is 5.76 Å². The van der Waals surface area contributed by atoms with Gasteiger partial charge in [-0.25, -0.2) is 0 Å². The maximum Gasteiger partial charge on any atom is 0.193 e. The molecule has 1 unspecified atom stereocenters. The van der Waals surface area contributed by atoms with Gasteiger partial charge in [-0.05, 0) is 36.6 Å². The van der Waals surface area contributed by atoms with E-state index in [9.17, 15) is 0 Å². The Morgan fingerprint density at radius 3 is 2.69 bits per heavy atom. The van der Waals surface area contributed by atoms with E-state index in [1.165, 1.54) is 0 Å². The summed E-state index contributed by atoms with van der Waals surface area (Å²) in [4.78, 5) is 0. The van der Waals surface area contributed by atoms with E-state index in [1.807, 2.05) is 13.0 Å². The van der Waals surface area contributed by atoms with Crippen molar-refractivity contribution in [3.63, 3.8) is 0 Å². The number of hydrogen-bond donors (Lipinski definition) is 1. The lowest BCUT2D eigenvalue weighted by molar-refractivity contribution is 0.107. The van der Waals surface area contributed by atoms with Gasteiger partial charge < -0.3 is 14.5 Å². The van der Waals surface area contributed by atoms with Crippen molar-refractivity contribution < 1.29 is 9.15 Å². The Balaban J connectivity index is 2.37. The largest absolute Gasteiger partial charge is 0.448 e. The summed E-state index contributed by atoms with van der Waals surface area (Å²) in [5.41, 5.74) is 0.